The Morgan fingerprint density at radius 1 is 1.44 bits per heavy atom. The standard InChI is InChI=1S/C5H5.CH2Cl2.Zr/c1-2-4-5-3-1;2-1-3;/h1-3H,4H2;1H2;/q-1;;. The monoisotopic (exact) mass is 239 g/mol. The molecule has 0 saturated carbocycles. The topological polar surface area (TPSA) is 0 Å². The van der Waals surface area contributed by atoms with E-state index in [4.69, 9.17) is 23.2 Å². The average molecular weight is 241 g/mol. The Kier molecular flexibility index (Phi) is 16.4. The summed E-state index contributed by atoms with van der Waals surface area (Å²) in [7, 11) is 0. The summed E-state index contributed by atoms with van der Waals surface area (Å²) in [5.41, 5.74) is 0. The Labute approximate surface area is 85.0 Å². The molecule has 0 aliphatic heterocycles. The third kappa shape index (κ3) is 12.2. The van der Waals surface area contributed by atoms with Crippen LogP contribution in [0.5, 0.6) is 0 Å². The van der Waals surface area contributed by atoms with Gasteiger partial charge in [-0.1, -0.05) is 0 Å². The van der Waals surface area contributed by atoms with Crippen molar-refractivity contribution in [2.45, 2.75) is 6.42 Å². The molecule has 0 spiro atoms. The molecule has 1 aliphatic carbocycles. The molecule has 0 saturated heterocycles. The van der Waals surface area contributed by atoms with Crippen LogP contribution in [0.1, 0.15) is 6.42 Å². The van der Waals surface area contributed by atoms with Crippen molar-refractivity contribution in [3.8, 4) is 0 Å². The van der Waals surface area contributed by atoms with E-state index in [2.05, 4.69) is 12.2 Å². The molecule has 3 heteroatoms. The van der Waals surface area contributed by atoms with Gasteiger partial charge in [0.05, 0.1) is 5.34 Å². The predicted octanol–water partition coefficient (Wildman–Crippen LogP) is 2.72. The number of hydrogen-bond donors (Lipinski definition) is 0. The van der Waals surface area contributed by atoms with Crippen molar-refractivity contribution >= 4 is 23.2 Å². The zero-order chi connectivity index (χ0) is 6.24. The number of alkyl halides is 2. The van der Waals surface area contributed by atoms with Gasteiger partial charge in [0.2, 0.25) is 0 Å². The van der Waals surface area contributed by atoms with E-state index >= 15 is 0 Å². The quantitative estimate of drug-likeness (QED) is 0.452. The Morgan fingerprint density at radius 3 is 2.11 bits per heavy atom. The van der Waals surface area contributed by atoms with Gasteiger partial charge in [-0.25, -0.2) is 12.2 Å². The van der Waals surface area contributed by atoms with Crippen molar-refractivity contribution in [3.05, 3.63) is 24.3 Å². The van der Waals surface area contributed by atoms with Crippen molar-refractivity contribution < 1.29 is 26.2 Å². The maximum atomic E-state index is 4.76. The molecule has 50 valence electrons. The van der Waals surface area contributed by atoms with Crippen molar-refractivity contribution in [2.75, 3.05) is 5.34 Å². The van der Waals surface area contributed by atoms with E-state index in [0.717, 1.165) is 6.42 Å². The SMILES string of the molecule is ClCCl.[C-]1=CC=CC1.[Zr]. The summed E-state index contributed by atoms with van der Waals surface area (Å²) >= 11 is 9.53. The van der Waals surface area contributed by atoms with Crippen molar-refractivity contribution in [3.63, 3.8) is 0 Å². The molecule has 0 aromatic rings. The van der Waals surface area contributed by atoms with Gasteiger partial charge in [0.1, 0.15) is 0 Å². The molecule has 0 heterocycles. The third-order valence-corrected chi connectivity index (χ3v) is 0.586. The number of rotatable bonds is 0. The van der Waals surface area contributed by atoms with Crippen LogP contribution < -0.4 is 0 Å². The largest absolute Gasteiger partial charge is 0.273 e. The molecule has 0 nitrogen and oxygen atoms in total. The Hall–Kier alpha value is 0.943. The first-order valence-corrected chi connectivity index (χ1v) is 3.32. The molecule has 0 unspecified atom stereocenters. The summed E-state index contributed by atoms with van der Waals surface area (Å²) < 4.78 is 0. The van der Waals surface area contributed by atoms with E-state index in [1.165, 1.54) is 0 Å². The second-order valence-electron chi connectivity index (χ2n) is 1.10. The molecule has 0 bridgehead atoms. The molecular weight excluding hydrogens is 234 g/mol. The van der Waals surface area contributed by atoms with Crippen LogP contribution in [-0.2, 0) is 26.2 Å². The fourth-order valence-corrected chi connectivity index (χ4v) is 0.340. The zero-order valence-corrected chi connectivity index (χ0v) is 8.87. The van der Waals surface area contributed by atoms with Gasteiger partial charge in [-0.3, -0.25) is 6.08 Å². The van der Waals surface area contributed by atoms with E-state index in [0.29, 0.717) is 0 Å². The maximum Gasteiger partial charge on any atom is 0.0967 e. The minimum Gasteiger partial charge on any atom is -0.273 e. The first-order chi connectivity index (χ1) is 3.91. The average Bonchev–Trinajstić information content (AvgIpc) is 2.17. The van der Waals surface area contributed by atoms with Gasteiger partial charge < -0.3 is 0 Å². The molecule has 1 aliphatic rings. The molecule has 0 aromatic heterocycles. The first-order valence-electron chi connectivity index (χ1n) is 2.25. The van der Waals surface area contributed by atoms with E-state index in [1.54, 1.807) is 0 Å². The molecular formula is C6H7Cl2Zr-. The molecule has 0 radical (unpaired) electrons. The summed E-state index contributed by atoms with van der Waals surface area (Å²) in [6, 6.07) is 0. The number of hydrogen-bond acceptors (Lipinski definition) is 0. The van der Waals surface area contributed by atoms with Gasteiger partial charge in [-0.2, -0.15) is 6.08 Å². The Bertz CT molecular complexity index is 79.1. The van der Waals surface area contributed by atoms with Crippen LogP contribution in [0.15, 0.2) is 18.2 Å². The number of halogens is 2. The zero-order valence-electron chi connectivity index (χ0n) is 4.90. The molecule has 9 heavy (non-hydrogen) atoms. The fraction of sp³-hybridized carbons (Fsp3) is 0.333. The minimum atomic E-state index is 0. The van der Waals surface area contributed by atoms with Crippen LogP contribution in [-0.4, -0.2) is 5.34 Å². The normalized spacial score (nSPS) is 11.8. The summed E-state index contributed by atoms with van der Waals surface area (Å²) in [6.07, 6.45) is 10.0. The van der Waals surface area contributed by atoms with Crippen LogP contribution in [0.25, 0.3) is 0 Å². The third-order valence-electron chi connectivity index (χ3n) is 0.586. The Balaban J connectivity index is 0. The molecule has 0 aromatic carbocycles. The maximum absolute atomic E-state index is 4.76. The van der Waals surface area contributed by atoms with Gasteiger partial charge in [-0.15, -0.1) is 29.6 Å². The van der Waals surface area contributed by atoms with Crippen molar-refractivity contribution in [1.29, 1.82) is 0 Å². The summed E-state index contributed by atoms with van der Waals surface area (Å²) in [4.78, 5) is 0. The second kappa shape index (κ2) is 11.7. The van der Waals surface area contributed by atoms with E-state index in [9.17, 15) is 0 Å². The molecule has 1 rings (SSSR count). The molecule has 0 atom stereocenters. The van der Waals surface area contributed by atoms with Crippen LogP contribution >= 0.6 is 23.2 Å². The van der Waals surface area contributed by atoms with Gasteiger partial charge in [-0.05, 0) is 0 Å². The van der Waals surface area contributed by atoms with Gasteiger partial charge >= 0.3 is 0 Å². The minimum absolute atomic E-state index is 0. The number of allylic oxidation sites excluding steroid dienone is 4. The second-order valence-corrected chi connectivity index (χ2v) is 1.91. The van der Waals surface area contributed by atoms with Crippen LogP contribution in [0.3, 0.4) is 0 Å². The van der Waals surface area contributed by atoms with Crippen molar-refractivity contribution in [1.82, 2.24) is 0 Å². The summed E-state index contributed by atoms with van der Waals surface area (Å²) in [6.45, 7) is 0. The van der Waals surface area contributed by atoms with Crippen LogP contribution in [0.2, 0.25) is 0 Å². The van der Waals surface area contributed by atoms with E-state index in [1.807, 2.05) is 12.2 Å². The van der Waals surface area contributed by atoms with Gasteiger partial charge in [0.15, 0.2) is 0 Å². The smallest absolute Gasteiger partial charge is 0.0967 e. The van der Waals surface area contributed by atoms with Crippen molar-refractivity contribution in [2.24, 2.45) is 0 Å². The predicted molar refractivity (Wildman–Crippen MR) is 38.1 cm³/mol. The Morgan fingerprint density at radius 2 is 2.00 bits per heavy atom. The van der Waals surface area contributed by atoms with Crippen LogP contribution in [0, 0.1) is 6.08 Å². The molecule has 0 fully saturated rings. The first kappa shape index (κ1) is 12.6. The fourth-order valence-electron chi connectivity index (χ4n) is 0.340. The molecule has 0 N–H and O–H groups in total. The summed E-state index contributed by atoms with van der Waals surface area (Å²) in [5, 5.41) is 0.194. The summed E-state index contributed by atoms with van der Waals surface area (Å²) in [5.74, 6) is 0. The van der Waals surface area contributed by atoms with E-state index in [-0.39, 0.29) is 31.5 Å². The van der Waals surface area contributed by atoms with E-state index < -0.39 is 0 Å². The van der Waals surface area contributed by atoms with Crippen LogP contribution in [0.4, 0.5) is 0 Å². The van der Waals surface area contributed by atoms with Gasteiger partial charge in [0, 0.05) is 26.2 Å². The molecule has 0 amide bonds. The van der Waals surface area contributed by atoms with Gasteiger partial charge in [0.25, 0.3) is 0 Å².